The molecule has 0 radical (unpaired) electrons. The third kappa shape index (κ3) is 1.49. The second kappa shape index (κ2) is 3.90. The van der Waals surface area contributed by atoms with Crippen LogP contribution in [-0.2, 0) is 0 Å². The molecular weight excluding hydrogens is 317 g/mol. The highest BCUT2D eigenvalue weighted by molar-refractivity contribution is 8.13. The van der Waals surface area contributed by atoms with Crippen LogP contribution in [0.25, 0.3) is 0 Å². The topological polar surface area (TPSA) is 52.0 Å². The van der Waals surface area contributed by atoms with Crippen LogP contribution in [0, 0.1) is 0 Å². The fourth-order valence-corrected chi connectivity index (χ4v) is 229. The summed E-state index contributed by atoms with van der Waals surface area (Å²) in [6.07, 6.45) is 0. The zero-order valence-electron chi connectivity index (χ0n) is 14.2. The van der Waals surface area contributed by atoms with Crippen molar-refractivity contribution < 1.29 is 0 Å². The Bertz CT molecular complexity index is 256. The average molecular weight is 351 g/mol. The third-order valence-electron chi connectivity index (χ3n) is 8.32. The van der Waals surface area contributed by atoms with Gasteiger partial charge in [-0.15, -0.1) is 0 Å². The van der Waals surface area contributed by atoms with Crippen molar-refractivity contribution in [2.45, 2.75) is 65.5 Å². The highest BCUT2D eigenvalue weighted by atomic mass is 30.2. The number of hydrogen-bond acceptors (Lipinski definition) is 2. The molecule has 2 nitrogen and oxygen atoms in total. The van der Waals surface area contributed by atoms with Gasteiger partial charge in [-0.2, -0.15) is 0 Å². The molecule has 1 aliphatic heterocycles. The van der Waals surface area contributed by atoms with Crippen molar-refractivity contribution in [2.75, 3.05) is 0 Å². The van der Waals surface area contributed by atoms with E-state index in [2.05, 4.69) is 65.5 Å². The zero-order chi connectivity index (χ0) is 15.0. The third-order valence-corrected chi connectivity index (χ3v) is 152. The molecular formula is C10H34N2Si6. The first-order chi connectivity index (χ1) is 7.50. The van der Waals surface area contributed by atoms with Crippen LogP contribution in [-0.4, -0.2) is 43.0 Å². The van der Waals surface area contributed by atoms with E-state index in [1.165, 1.54) is 0 Å². The van der Waals surface area contributed by atoms with Crippen LogP contribution >= 0.6 is 0 Å². The molecule has 0 bridgehead atoms. The van der Waals surface area contributed by atoms with Crippen molar-refractivity contribution in [3.8, 4) is 0 Å². The van der Waals surface area contributed by atoms with E-state index in [-0.39, 0.29) is 0 Å². The number of nitrogens with two attached hydrogens (primary N) is 2. The Morgan fingerprint density at radius 2 is 0.611 bits per heavy atom. The summed E-state index contributed by atoms with van der Waals surface area (Å²) in [4.78, 5) is 0. The Kier molecular flexibility index (Phi) is 3.74. The zero-order valence-corrected chi connectivity index (χ0v) is 20.2. The molecule has 2 atom stereocenters. The molecule has 0 unspecified atom stereocenters. The molecule has 0 saturated carbocycles. The number of hydrogen-bond donors (Lipinski definition) is 2. The molecule has 1 aliphatic rings. The SMILES string of the molecule is C[Si]1(C)[Si](C)(C)[Si@](C)(N)[Si](C)(C)[Si@](C)(N)[Si]1(C)C. The van der Waals surface area contributed by atoms with Crippen LogP contribution < -0.4 is 10.8 Å². The summed E-state index contributed by atoms with van der Waals surface area (Å²) in [5, 5.41) is 14.4. The number of rotatable bonds is 0. The van der Waals surface area contributed by atoms with Gasteiger partial charge in [-0.1, -0.05) is 65.5 Å². The first-order valence-electron chi connectivity index (χ1n) is 7.08. The van der Waals surface area contributed by atoms with Crippen molar-refractivity contribution in [1.29, 1.82) is 0 Å². The molecule has 4 N–H and O–H groups in total. The summed E-state index contributed by atoms with van der Waals surface area (Å²) in [6.45, 7) is 26.2. The molecule has 8 heteroatoms. The summed E-state index contributed by atoms with van der Waals surface area (Å²) in [5.41, 5.74) is 0. The van der Waals surface area contributed by atoms with Crippen LogP contribution in [0.2, 0.25) is 65.5 Å². The fourth-order valence-electron chi connectivity index (χ4n) is 4.18. The second-order valence-electron chi connectivity index (χ2n) is 8.90. The first kappa shape index (κ1) is 17.3. The van der Waals surface area contributed by atoms with Crippen LogP contribution in [0.4, 0.5) is 0 Å². The molecule has 0 aromatic rings. The smallest absolute Gasteiger partial charge is 0.0961 e. The van der Waals surface area contributed by atoms with E-state index in [1.807, 2.05) is 0 Å². The molecule has 18 heavy (non-hydrogen) atoms. The maximum atomic E-state index is 7.18. The van der Waals surface area contributed by atoms with Gasteiger partial charge in [-0.05, 0) is 0 Å². The summed E-state index contributed by atoms with van der Waals surface area (Å²) in [6, 6.07) is 0. The van der Waals surface area contributed by atoms with Gasteiger partial charge in [0.05, 0.1) is 21.6 Å². The molecule has 1 rings (SSSR count). The molecule has 0 aliphatic carbocycles. The molecule has 1 heterocycles. The van der Waals surface area contributed by atoms with Gasteiger partial charge in [-0.25, -0.2) is 0 Å². The summed E-state index contributed by atoms with van der Waals surface area (Å²) in [5.74, 6) is 0. The van der Waals surface area contributed by atoms with Crippen LogP contribution in [0.3, 0.4) is 0 Å². The minimum Gasteiger partial charge on any atom is -0.355 e. The van der Waals surface area contributed by atoms with Gasteiger partial charge in [0, 0.05) is 21.3 Å². The Hall–Kier alpha value is 1.22. The molecule has 0 spiro atoms. The van der Waals surface area contributed by atoms with Gasteiger partial charge in [0.2, 0.25) is 0 Å². The highest BCUT2D eigenvalue weighted by Gasteiger charge is 2.77. The summed E-state index contributed by atoms with van der Waals surface area (Å²) >= 11 is 0. The lowest BCUT2D eigenvalue weighted by Gasteiger charge is -2.71. The average Bonchev–Trinajstić information content (AvgIpc) is 2.14. The van der Waals surface area contributed by atoms with Gasteiger partial charge in [0.1, 0.15) is 0 Å². The van der Waals surface area contributed by atoms with Gasteiger partial charge in [-0.3, -0.25) is 0 Å². The lowest BCUT2D eigenvalue weighted by Crippen LogP contribution is -3.06. The van der Waals surface area contributed by atoms with E-state index in [9.17, 15) is 0 Å². The van der Waals surface area contributed by atoms with Crippen molar-refractivity contribution in [3.63, 3.8) is 0 Å². The summed E-state index contributed by atoms with van der Waals surface area (Å²) in [7, 11) is -8.37. The molecule has 0 amide bonds. The maximum absolute atomic E-state index is 7.18. The first-order valence-corrected chi connectivity index (χ1v) is 30.2. The molecule has 0 aromatic heterocycles. The Morgan fingerprint density at radius 1 is 0.389 bits per heavy atom. The van der Waals surface area contributed by atoms with E-state index in [4.69, 9.17) is 10.8 Å². The normalized spacial score (nSPS) is 44.7. The monoisotopic (exact) mass is 350 g/mol. The van der Waals surface area contributed by atoms with E-state index in [1.54, 1.807) is 0 Å². The molecule has 0 aromatic carbocycles. The Morgan fingerprint density at radius 3 is 0.833 bits per heavy atom. The van der Waals surface area contributed by atoms with Crippen molar-refractivity contribution >= 4 is 43.0 Å². The molecule has 1 fully saturated rings. The fraction of sp³-hybridized carbons (Fsp3) is 1.00. The Labute approximate surface area is 119 Å². The van der Waals surface area contributed by atoms with E-state index >= 15 is 0 Å². The predicted molar refractivity (Wildman–Crippen MR) is 102 cm³/mol. The largest absolute Gasteiger partial charge is 0.355 e. The van der Waals surface area contributed by atoms with Gasteiger partial charge in [0.25, 0.3) is 0 Å². The minimum atomic E-state index is -1.59. The van der Waals surface area contributed by atoms with E-state index < -0.39 is 43.0 Å². The van der Waals surface area contributed by atoms with Crippen LogP contribution in [0.15, 0.2) is 0 Å². The lowest BCUT2D eigenvalue weighted by molar-refractivity contribution is 1.63. The maximum Gasteiger partial charge on any atom is 0.0961 e. The lowest BCUT2D eigenvalue weighted by atomic mass is 11.9. The quantitative estimate of drug-likeness (QED) is 0.659. The van der Waals surface area contributed by atoms with Crippen LogP contribution in [0.1, 0.15) is 0 Å². The van der Waals surface area contributed by atoms with Crippen molar-refractivity contribution in [2.24, 2.45) is 10.8 Å². The molecule has 1 saturated heterocycles. The van der Waals surface area contributed by atoms with Gasteiger partial charge >= 0.3 is 0 Å². The molecule has 108 valence electrons. The summed E-state index contributed by atoms with van der Waals surface area (Å²) < 4.78 is 0. The standard InChI is InChI=1S/C10H34N2Si6/c1-13(2)14(3,4)17(9,11)16(7,8)18(10,12)15(13,5)6/h11-12H2,1-10H3/t17-,18+. The van der Waals surface area contributed by atoms with Crippen molar-refractivity contribution in [1.82, 2.24) is 0 Å². The predicted octanol–water partition coefficient (Wildman–Crippen LogP) is 2.37. The van der Waals surface area contributed by atoms with Crippen LogP contribution in [0.5, 0.6) is 0 Å². The van der Waals surface area contributed by atoms with Gasteiger partial charge < -0.3 is 10.8 Å². The van der Waals surface area contributed by atoms with Crippen molar-refractivity contribution in [3.05, 3.63) is 0 Å². The van der Waals surface area contributed by atoms with E-state index in [0.29, 0.717) is 0 Å². The van der Waals surface area contributed by atoms with Gasteiger partial charge in [0.15, 0.2) is 0 Å². The minimum absolute atomic E-state index is 1.22. The second-order valence-corrected chi connectivity index (χ2v) is 78.2. The highest BCUT2D eigenvalue weighted by Crippen LogP contribution is 2.47. The Balaban J connectivity index is 3.72. The van der Waals surface area contributed by atoms with E-state index in [0.717, 1.165) is 0 Å².